The van der Waals surface area contributed by atoms with E-state index in [-0.39, 0.29) is 12.3 Å². The molecule has 30 heavy (non-hydrogen) atoms. The Labute approximate surface area is 179 Å². The molecule has 0 saturated heterocycles. The van der Waals surface area contributed by atoms with Gasteiger partial charge in [0.15, 0.2) is 11.4 Å². The number of rotatable bonds is 4. The Hall–Kier alpha value is -3.43. The van der Waals surface area contributed by atoms with Gasteiger partial charge in [0.2, 0.25) is 5.91 Å². The first-order valence-electron chi connectivity index (χ1n) is 9.60. The quantitative estimate of drug-likeness (QED) is 0.586. The summed E-state index contributed by atoms with van der Waals surface area (Å²) in [7, 11) is 0. The molecule has 1 aromatic heterocycles. The molecule has 1 aliphatic heterocycles. The van der Waals surface area contributed by atoms with Gasteiger partial charge in [0.05, 0.1) is 30.0 Å². The molecule has 0 saturated carbocycles. The van der Waals surface area contributed by atoms with Crippen LogP contribution in [0.2, 0.25) is 5.02 Å². The van der Waals surface area contributed by atoms with E-state index in [0.29, 0.717) is 28.7 Å². The molecule has 0 aliphatic carbocycles. The molecule has 6 nitrogen and oxygen atoms in total. The Kier molecular flexibility index (Phi) is 5.39. The molecule has 2 heterocycles. The number of carbonyl (C=O) groups excluding carboxylic acids is 1. The Morgan fingerprint density at radius 2 is 2.00 bits per heavy atom. The van der Waals surface area contributed by atoms with Gasteiger partial charge in [-0.05, 0) is 37.1 Å². The van der Waals surface area contributed by atoms with Gasteiger partial charge < -0.3 is 9.84 Å². The highest BCUT2D eigenvalue weighted by molar-refractivity contribution is 6.31. The maximum atomic E-state index is 12.4. The van der Waals surface area contributed by atoms with Crippen LogP contribution in [-0.2, 0) is 4.79 Å². The second-order valence-electron chi connectivity index (χ2n) is 7.01. The summed E-state index contributed by atoms with van der Waals surface area (Å²) in [5.41, 5.74) is 5.39. The first-order chi connectivity index (χ1) is 14.5. The van der Waals surface area contributed by atoms with E-state index in [4.69, 9.17) is 27.7 Å². The second kappa shape index (κ2) is 8.13. The van der Waals surface area contributed by atoms with Gasteiger partial charge in [-0.25, -0.2) is 4.85 Å². The minimum atomic E-state index is -0.533. The van der Waals surface area contributed by atoms with Crippen molar-refractivity contribution in [3.63, 3.8) is 0 Å². The molecule has 1 N–H and O–H groups in total. The fourth-order valence-electron chi connectivity index (χ4n) is 3.66. The summed E-state index contributed by atoms with van der Waals surface area (Å²) in [6.07, 6.45) is 0.140. The lowest BCUT2D eigenvalue weighted by atomic mass is 9.93. The number of aliphatic imine (C=N–C) groups is 1. The van der Waals surface area contributed by atoms with E-state index in [9.17, 15) is 4.79 Å². The van der Waals surface area contributed by atoms with Gasteiger partial charge in [-0.2, -0.15) is 0 Å². The fourth-order valence-corrected chi connectivity index (χ4v) is 3.84. The van der Waals surface area contributed by atoms with Crippen LogP contribution in [0.25, 0.3) is 16.0 Å². The van der Waals surface area contributed by atoms with Crippen LogP contribution in [0.4, 0.5) is 5.69 Å². The van der Waals surface area contributed by atoms with Crippen LogP contribution in [0.1, 0.15) is 42.0 Å². The monoisotopic (exact) mass is 418 g/mol. The van der Waals surface area contributed by atoms with Crippen LogP contribution in [-0.4, -0.2) is 23.3 Å². The highest BCUT2D eigenvalue weighted by Gasteiger charge is 2.31. The molecule has 0 fully saturated rings. The molecule has 0 spiro atoms. The molecular formula is C23H19ClN4O2. The van der Waals surface area contributed by atoms with Crippen LogP contribution in [0, 0.1) is 13.5 Å². The lowest BCUT2D eigenvalue weighted by molar-refractivity contribution is -0.121. The average Bonchev–Trinajstić information content (AvgIpc) is 3.06. The zero-order valence-electron chi connectivity index (χ0n) is 16.6. The Bertz CT molecular complexity index is 1190. The van der Waals surface area contributed by atoms with Crippen molar-refractivity contribution < 1.29 is 9.32 Å². The number of halogens is 1. The standard InChI is InChI=1S/C23H19ClN4O2/c1-4-26-20(29)12-19-23-21(13(2)28-30-23)17-10-7-15(24)11-18(17)22(27-19)14-5-8-16(25-3)9-6-14/h5-11,19H,4,12H2,1-2H3,(H,26,29)/t19-/m0/s1. The van der Waals surface area contributed by atoms with E-state index in [0.717, 1.165) is 27.9 Å². The SMILES string of the molecule is [C-]#[N+]c1ccc(C2=N[C@@H](CC(=O)NCC)c3onc(C)c3-c3ccc(Cl)cc32)cc1. The predicted octanol–water partition coefficient (Wildman–Crippen LogP) is 5.27. The molecule has 3 aromatic rings. The molecular weight excluding hydrogens is 400 g/mol. The minimum Gasteiger partial charge on any atom is -0.358 e. The largest absolute Gasteiger partial charge is 0.358 e. The van der Waals surface area contributed by atoms with Gasteiger partial charge in [-0.15, -0.1) is 0 Å². The summed E-state index contributed by atoms with van der Waals surface area (Å²) in [5, 5.41) is 7.55. The topological polar surface area (TPSA) is 71.8 Å². The summed E-state index contributed by atoms with van der Waals surface area (Å²) in [6, 6.07) is 12.3. The minimum absolute atomic E-state index is 0.113. The van der Waals surface area contributed by atoms with E-state index in [2.05, 4.69) is 15.3 Å². The van der Waals surface area contributed by atoms with Crippen molar-refractivity contribution in [1.29, 1.82) is 0 Å². The molecule has 4 rings (SSSR count). The molecule has 7 heteroatoms. The molecule has 2 aromatic carbocycles. The van der Waals surface area contributed by atoms with Gasteiger partial charge in [0.1, 0.15) is 6.04 Å². The number of amides is 1. The summed E-state index contributed by atoms with van der Waals surface area (Å²) in [4.78, 5) is 20.8. The number of aromatic nitrogens is 1. The highest BCUT2D eigenvalue weighted by Crippen LogP contribution is 2.41. The molecule has 0 radical (unpaired) electrons. The van der Waals surface area contributed by atoms with Gasteiger partial charge in [0.25, 0.3) is 0 Å². The number of carbonyl (C=O) groups is 1. The Morgan fingerprint density at radius 1 is 1.23 bits per heavy atom. The smallest absolute Gasteiger partial charge is 0.222 e. The van der Waals surface area contributed by atoms with E-state index in [1.807, 2.05) is 44.2 Å². The summed E-state index contributed by atoms with van der Waals surface area (Å²) < 4.78 is 5.66. The maximum absolute atomic E-state index is 12.4. The Morgan fingerprint density at radius 3 is 2.70 bits per heavy atom. The van der Waals surface area contributed by atoms with Crippen molar-refractivity contribution in [3.05, 3.63) is 81.5 Å². The number of fused-ring (bicyclic) bond motifs is 3. The van der Waals surface area contributed by atoms with Crippen molar-refractivity contribution in [2.24, 2.45) is 4.99 Å². The van der Waals surface area contributed by atoms with E-state index < -0.39 is 6.04 Å². The Balaban J connectivity index is 1.94. The van der Waals surface area contributed by atoms with Crippen molar-refractivity contribution in [2.75, 3.05) is 6.54 Å². The third kappa shape index (κ3) is 3.60. The summed E-state index contributed by atoms with van der Waals surface area (Å²) >= 11 is 6.34. The zero-order chi connectivity index (χ0) is 21.3. The lowest BCUT2D eigenvalue weighted by Gasteiger charge is -2.12. The third-order valence-electron chi connectivity index (χ3n) is 5.01. The van der Waals surface area contributed by atoms with Gasteiger partial charge in [-0.3, -0.25) is 9.79 Å². The van der Waals surface area contributed by atoms with Crippen LogP contribution >= 0.6 is 11.6 Å². The maximum Gasteiger partial charge on any atom is 0.222 e. The van der Waals surface area contributed by atoms with E-state index in [1.165, 1.54) is 0 Å². The zero-order valence-corrected chi connectivity index (χ0v) is 17.3. The van der Waals surface area contributed by atoms with Crippen molar-refractivity contribution in [2.45, 2.75) is 26.3 Å². The number of benzene rings is 2. The van der Waals surface area contributed by atoms with Crippen molar-refractivity contribution in [3.8, 4) is 11.1 Å². The highest BCUT2D eigenvalue weighted by atomic mass is 35.5. The third-order valence-corrected chi connectivity index (χ3v) is 5.24. The number of aryl methyl sites for hydroxylation is 1. The van der Waals surface area contributed by atoms with Gasteiger partial charge >= 0.3 is 0 Å². The summed E-state index contributed by atoms with van der Waals surface area (Å²) in [5.74, 6) is 0.452. The second-order valence-corrected chi connectivity index (χ2v) is 7.44. The molecule has 1 amide bonds. The lowest BCUT2D eigenvalue weighted by Crippen LogP contribution is -2.24. The van der Waals surface area contributed by atoms with Crippen LogP contribution in [0.5, 0.6) is 0 Å². The number of nitrogens with zero attached hydrogens (tertiary/aromatic N) is 3. The van der Waals surface area contributed by atoms with Crippen LogP contribution in [0.3, 0.4) is 0 Å². The van der Waals surface area contributed by atoms with Crippen molar-refractivity contribution in [1.82, 2.24) is 10.5 Å². The normalized spacial score (nSPS) is 14.7. The molecule has 0 unspecified atom stereocenters. The number of hydrogen-bond acceptors (Lipinski definition) is 4. The van der Waals surface area contributed by atoms with Crippen LogP contribution in [0.15, 0.2) is 52.0 Å². The van der Waals surface area contributed by atoms with E-state index in [1.54, 1.807) is 12.1 Å². The average molecular weight is 419 g/mol. The van der Waals surface area contributed by atoms with Crippen molar-refractivity contribution >= 4 is 28.9 Å². The van der Waals surface area contributed by atoms with Crippen LogP contribution < -0.4 is 5.32 Å². The molecule has 0 bridgehead atoms. The van der Waals surface area contributed by atoms with E-state index >= 15 is 0 Å². The molecule has 1 atom stereocenters. The molecule has 150 valence electrons. The fraction of sp³-hybridized carbons (Fsp3) is 0.217. The number of nitrogens with one attached hydrogen (secondary N) is 1. The molecule has 1 aliphatic rings. The summed E-state index contributed by atoms with van der Waals surface area (Å²) in [6.45, 7) is 11.5. The number of hydrogen-bond donors (Lipinski definition) is 1. The van der Waals surface area contributed by atoms with Gasteiger partial charge in [-0.1, -0.05) is 47.1 Å². The predicted molar refractivity (Wildman–Crippen MR) is 116 cm³/mol. The van der Waals surface area contributed by atoms with Gasteiger partial charge in [0, 0.05) is 17.1 Å². The first-order valence-corrected chi connectivity index (χ1v) is 9.98. The first kappa shape index (κ1) is 19.9.